The standard InChI is InChI=1S/C15H25N3O2/c1-3-4-5-6-7-8-9-14-17-10-11-18(14,13(2)16)12-15(19)20/h3,10-11,13H,1,4-9,12,16H2,2H3. The Hall–Kier alpha value is -1.46. The van der Waals surface area contributed by atoms with Crippen LogP contribution in [0.2, 0.25) is 0 Å². The van der Waals surface area contributed by atoms with Crippen LogP contribution >= 0.6 is 0 Å². The maximum Gasteiger partial charge on any atom is 0.209 e. The summed E-state index contributed by atoms with van der Waals surface area (Å²) in [5.74, 6) is -0.277. The molecule has 1 rings (SSSR count). The molecular weight excluding hydrogens is 254 g/mol. The van der Waals surface area contributed by atoms with E-state index < -0.39 is 5.97 Å². The van der Waals surface area contributed by atoms with Crippen molar-refractivity contribution in [3.8, 4) is 0 Å². The number of carboxylic acid groups (broad SMARTS) is 1. The number of rotatable bonds is 10. The van der Waals surface area contributed by atoms with Crippen LogP contribution in [0.3, 0.4) is 0 Å². The van der Waals surface area contributed by atoms with Crippen molar-refractivity contribution in [2.24, 2.45) is 10.7 Å². The van der Waals surface area contributed by atoms with Crippen molar-refractivity contribution in [1.82, 2.24) is 0 Å². The molecule has 1 aliphatic rings. The molecule has 0 aliphatic carbocycles. The van der Waals surface area contributed by atoms with Crippen LogP contribution in [0, 0.1) is 0 Å². The highest BCUT2D eigenvalue weighted by Gasteiger charge is 2.38. The van der Waals surface area contributed by atoms with Crippen LogP contribution in [0.25, 0.3) is 0 Å². The maximum atomic E-state index is 11.0. The minimum absolute atomic E-state index is 0.0923. The average Bonchev–Trinajstić information content (AvgIpc) is 2.77. The first-order valence-corrected chi connectivity index (χ1v) is 7.21. The van der Waals surface area contributed by atoms with Crippen molar-refractivity contribution in [1.29, 1.82) is 0 Å². The van der Waals surface area contributed by atoms with Crippen molar-refractivity contribution in [2.75, 3.05) is 6.54 Å². The Labute approximate surface area is 121 Å². The Bertz CT molecular complexity index is 402. The van der Waals surface area contributed by atoms with Crippen molar-refractivity contribution in [2.45, 2.75) is 51.6 Å². The van der Waals surface area contributed by atoms with E-state index in [0.717, 1.165) is 44.4 Å². The summed E-state index contributed by atoms with van der Waals surface area (Å²) in [5.41, 5.74) is 5.98. The molecule has 0 aromatic rings. The van der Waals surface area contributed by atoms with Gasteiger partial charge in [0.15, 0.2) is 0 Å². The number of amidine groups is 1. The first-order chi connectivity index (χ1) is 9.53. The Morgan fingerprint density at radius 3 is 2.80 bits per heavy atom. The lowest BCUT2D eigenvalue weighted by Gasteiger charge is -2.36. The van der Waals surface area contributed by atoms with E-state index in [2.05, 4.69) is 11.6 Å². The lowest BCUT2D eigenvalue weighted by molar-refractivity contribution is -0.808. The van der Waals surface area contributed by atoms with Crippen LogP contribution in [-0.2, 0) is 4.79 Å². The largest absolute Gasteiger partial charge is 0.544 e. The fraction of sp³-hybridized carbons (Fsp3) is 0.600. The second kappa shape index (κ2) is 7.97. The molecule has 0 bridgehead atoms. The second-order valence-electron chi connectivity index (χ2n) is 5.29. The van der Waals surface area contributed by atoms with Gasteiger partial charge in [-0.1, -0.05) is 18.9 Å². The molecule has 5 nitrogen and oxygen atoms in total. The van der Waals surface area contributed by atoms with Crippen LogP contribution in [0.5, 0.6) is 0 Å². The van der Waals surface area contributed by atoms with Crippen LogP contribution in [0.4, 0.5) is 0 Å². The third kappa shape index (κ3) is 4.28. The second-order valence-corrected chi connectivity index (χ2v) is 5.29. The van der Waals surface area contributed by atoms with E-state index in [1.807, 2.05) is 6.08 Å². The highest BCUT2D eigenvalue weighted by Crippen LogP contribution is 2.23. The summed E-state index contributed by atoms with van der Waals surface area (Å²) in [7, 11) is 0. The number of unbranched alkanes of at least 4 members (excludes halogenated alkanes) is 4. The molecule has 1 aliphatic heterocycles. The monoisotopic (exact) mass is 279 g/mol. The highest BCUT2D eigenvalue weighted by molar-refractivity contribution is 5.81. The van der Waals surface area contributed by atoms with Crippen LogP contribution in [-0.4, -0.2) is 29.0 Å². The first-order valence-electron chi connectivity index (χ1n) is 7.21. The molecule has 0 amide bonds. The summed E-state index contributed by atoms with van der Waals surface area (Å²) in [6.45, 7) is 5.36. The SMILES string of the molecule is C=CCCCCCCC1=NC=C[N+]1(CC(=O)[O-])C(C)N. The Morgan fingerprint density at radius 2 is 2.20 bits per heavy atom. The van der Waals surface area contributed by atoms with Crippen molar-refractivity contribution >= 4 is 11.8 Å². The number of hydrogen-bond acceptors (Lipinski definition) is 4. The topological polar surface area (TPSA) is 78.5 Å². The third-order valence-corrected chi connectivity index (χ3v) is 3.71. The molecule has 5 heteroatoms. The number of nitrogens with two attached hydrogens (primary N) is 1. The number of aliphatic carboxylic acids is 1. The molecule has 2 atom stereocenters. The van der Waals surface area contributed by atoms with Gasteiger partial charge in [-0.3, -0.25) is 5.73 Å². The van der Waals surface area contributed by atoms with E-state index >= 15 is 0 Å². The Balaban J connectivity index is 2.51. The zero-order chi connectivity index (χ0) is 15.0. The fourth-order valence-corrected chi connectivity index (χ4v) is 2.50. The zero-order valence-electron chi connectivity index (χ0n) is 12.3. The lowest BCUT2D eigenvalue weighted by atomic mass is 10.1. The van der Waals surface area contributed by atoms with E-state index in [9.17, 15) is 9.90 Å². The zero-order valence-corrected chi connectivity index (χ0v) is 12.3. The fourth-order valence-electron chi connectivity index (χ4n) is 2.50. The number of allylic oxidation sites excluding steroid dienone is 1. The summed E-state index contributed by atoms with van der Waals surface area (Å²) in [5, 5.41) is 11.0. The third-order valence-electron chi connectivity index (χ3n) is 3.71. The molecule has 1 heterocycles. The summed E-state index contributed by atoms with van der Waals surface area (Å²) in [4.78, 5) is 15.3. The van der Waals surface area contributed by atoms with Gasteiger partial charge >= 0.3 is 0 Å². The van der Waals surface area contributed by atoms with Crippen molar-refractivity contribution < 1.29 is 14.4 Å². The van der Waals surface area contributed by atoms with E-state index in [4.69, 9.17) is 5.73 Å². The minimum Gasteiger partial charge on any atom is -0.544 e. The molecule has 2 N–H and O–H groups in total. The molecule has 20 heavy (non-hydrogen) atoms. The summed E-state index contributed by atoms with van der Waals surface area (Å²) in [6.07, 6.45) is 11.2. The number of nitrogens with zero attached hydrogens (tertiary/aromatic N) is 2. The van der Waals surface area contributed by atoms with E-state index in [0.29, 0.717) is 0 Å². The van der Waals surface area contributed by atoms with Gasteiger partial charge in [0.25, 0.3) is 0 Å². The number of carbonyl (C=O) groups excluding carboxylic acids is 1. The predicted molar refractivity (Wildman–Crippen MR) is 78.3 cm³/mol. The molecule has 112 valence electrons. The average molecular weight is 279 g/mol. The number of carboxylic acids is 1. The normalized spacial score (nSPS) is 22.6. The number of hydrogen-bond donors (Lipinski definition) is 1. The van der Waals surface area contributed by atoms with Gasteiger partial charge < -0.3 is 9.90 Å². The van der Waals surface area contributed by atoms with Crippen LogP contribution in [0.1, 0.15) is 45.4 Å². The molecule has 2 unspecified atom stereocenters. The van der Waals surface area contributed by atoms with Crippen LogP contribution in [0.15, 0.2) is 30.0 Å². The molecule has 0 saturated heterocycles. The summed E-state index contributed by atoms with van der Waals surface area (Å²) >= 11 is 0. The summed E-state index contributed by atoms with van der Waals surface area (Å²) in [6, 6.07) is 0. The molecule has 0 spiro atoms. The van der Waals surface area contributed by atoms with Gasteiger partial charge in [0, 0.05) is 13.3 Å². The van der Waals surface area contributed by atoms with E-state index in [1.54, 1.807) is 19.3 Å². The van der Waals surface area contributed by atoms with Crippen LogP contribution < -0.4 is 10.8 Å². The van der Waals surface area contributed by atoms with Gasteiger partial charge in [-0.25, -0.2) is 9.48 Å². The predicted octanol–water partition coefficient (Wildman–Crippen LogP) is 1.27. The van der Waals surface area contributed by atoms with Gasteiger partial charge in [0.2, 0.25) is 5.84 Å². The van der Waals surface area contributed by atoms with Gasteiger partial charge in [-0.15, -0.1) is 6.58 Å². The van der Waals surface area contributed by atoms with Gasteiger partial charge in [0.05, 0.1) is 12.2 Å². The van der Waals surface area contributed by atoms with E-state index in [1.165, 1.54) is 0 Å². The summed E-state index contributed by atoms with van der Waals surface area (Å²) < 4.78 is 0.0923. The number of aliphatic imine (C=N–C) groups is 1. The maximum absolute atomic E-state index is 11.0. The molecule has 0 aromatic heterocycles. The lowest BCUT2D eigenvalue weighted by Crippen LogP contribution is -2.60. The van der Waals surface area contributed by atoms with Crippen molar-refractivity contribution in [3.63, 3.8) is 0 Å². The Kier molecular flexibility index (Phi) is 6.61. The van der Waals surface area contributed by atoms with Gasteiger partial charge in [-0.2, -0.15) is 0 Å². The highest BCUT2D eigenvalue weighted by atomic mass is 16.4. The van der Waals surface area contributed by atoms with Crippen molar-refractivity contribution in [3.05, 3.63) is 25.1 Å². The molecular formula is C15H25N3O2. The number of quaternary nitrogens is 1. The molecule has 0 radical (unpaired) electrons. The van der Waals surface area contributed by atoms with Gasteiger partial charge in [0.1, 0.15) is 18.9 Å². The first kappa shape index (κ1) is 16.6. The molecule has 0 saturated carbocycles. The smallest absolute Gasteiger partial charge is 0.209 e. The Morgan fingerprint density at radius 1 is 1.50 bits per heavy atom. The van der Waals surface area contributed by atoms with Gasteiger partial charge in [-0.05, 0) is 19.3 Å². The quantitative estimate of drug-likeness (QED) is 0.371. The minimum atomic E-state index is -1.10. The molecule has 0 aromatic carbocycles. The van der Waals surface area contributed by atoms with E-state index in [-0.39, 0.29) is 17.2 Å². The molecule has 0 fully saturated rings. The number of carbonyl (C=O) groups is 1.